The molecule has 8 heteroatoms. The number of hydrogen-bond donors (Lipinski definition) is 1. The average Bonchev–Trinajstić information content (AvgIpc) is 2.60. The Morgan fingerprint density at radius 2 is 1.59 bits per heavy atom. The second-order valence-corrected chi connectivity index (χ2v) is 8.29. The van der Waals surface area contributed by atoms with Gasteiger partial charge in [0, 0.05) is 13.0 Å². The molecule has 1 amide bonds. The maximum atomic E-state index is 12.5. The molecule has 0 saturated carbocycles. The lowest BCUT2D eigenvalue weighted by Crippen LogP contribution is -2.27. The first-order chi connectivity index (χ1) is 12.6. The summed E-state index contributed by atoms with van der Waals surface area (Å²) in [6.45, 7) is 2.06. The SMILES string of the molecule is Cc1ccc(S(=O)(=O)CCC(=O)NCCc2ccc(C(F)(F)F)cc2)cc1. The number of amides is 1. The van der Waals surface area contributed by atoms with Crippen molar-refractivity contribution in [1.82, 2.24) is 5.32 Å². The van der Waals surface area contributed by atoms with Crippen LogP contribution in [0.2, 0.25) is 0 Å². The Morgan fingerprint density at radius 3 is 2.15 bits per heavy atom. The summed E-state index contributed by atoms with van der Waals surface area (Å²) < 4.78 is 61.9. The van der Waals surface area contributed by atoms with Gasteiger partial charge in [-0.3, -0.25) is 4.79 Å². The van der Waals surface area contributed by atoms with Crippen LogP contribution in [-0.4, -0.2) is 26.6 Å². The van der Waals surface area contributed by atoms with Crippen LogP contribution in [0.5, 0.6) is 0 Å². The first kappa shape index (κ1) is 21.0. The molecule has 0 unspecified atom stereocenters. The number of nitrogens with one attached hydrogen (secondary N) is 1. The molecular formula is C19H20F3NO3S. The highest BCUT2D eigenvalue weighted by molar-refractivity contribution is 7.91. The molecule has 2 rings (SSSR count). The van der Waals surface area contributed by atoms with Gasteiger partial charge in [0.25, 0.3) is 0 Å². The summed E-state index contributed by atoms with van der Waals surface area (Å²) in [6, 6.07) is 11.1. The molecule has 2 aromatic carbocycles. The number of aryl methyl sites for hydroxylation is 1. The fourth-order valence-electron chi connectivity index (χ4n) is 2.39. The van der Waals surface area contributed by atoms with Crippen LogP contribution < -0.4 is 5.32 Å². The Balaban J connectivity index is 1.78. The van der Waals surface area contributed by atoms with Gasteiger partial charge in [0.15, 0.2) is 9.84 Å². The Labute approximate surface area is 156 Å². The third-order valence-electron chi connectivity index (χ3n) is 4.00. The van der Waals surface area contributed by atoms with E-state index in [2.05, 4.69) is 5.32 Å². The molecule has 0 bridgehead atoms. The van der Waals surface area contributed by atoms with E-state index in [1.807, 2.05) is 6.92 Å². The van der Waals surface area contributed by atoms with Gasteiger partial charge < -0.3 is 5.32 Å². The highest BCUT2D eigenvalue weighted by Crippen LogP contribution is 2.29. The Morgan fingerprint density at radius 1 is 1.00 bits per heavy atom. The summed E-state index contributed by atoms with van der Waals surface area (Å²) in [5, 5.41) is 2.58. The molecule has 0 radical (unpaired) electrons. The zero-order valence-corrected chi connectivity index (χ0v) is 15.5. The molecule has 1 N–H and O–H groups in total. The summed E-state index contributed by atoms with van der Waals surface area (Å²) in [6.07, 6.45) is -4.20. The molecule has 0 fully saturated rings. The molecule has 0 aliphatic rings. The molecule has 0 spiro atoms. The average molecular weight is 399 g/mol. The van der Waals surface area contributed by atoms with Gasteiger partial charge in [0.1, 0.15) is 0 Å². The maximum absolute atomic E-state index is 12.5. The second kappa shape index (κ2) is 8.56. The number of sulfone groups is 1. The van der Waals surface area contributed by atoms with Gasteiger partial charge in [-0.1, -0.05) is 29.8 Å². The highest BCUT2D eigenvalue weighted by Gasteiger charge is 2.29. The lowest BCUT2D eigenvalue weighted by Gasteiger charge is -2.09. The maximum Gasteiger partial charge on any atom is 0.416 e. The van der Waals surface area contributed by atoms with Crippen LogP contribution >= 0.6 is 0 Å². The van der Waals surface area contributed by atoms with E-state index in [0.717, 1.165) is 17.7 Å². The molecule has 2 aromatic rings. The van der Waals surface area contributed by atoms with E-state index in [9.17, 15) is 26.4 Å². The molecule has 4 nitrogen and oxygen atoms in total. The van der Waals surface area contributed by atoms with Crippen LogP contribution in [-0.2, 0) is 27.2 Å². The minimum Gasteiger partial charge on any atom is -0.356 e. The lowest BCUT2D eigenvalue weighted by atomic mass is 10.1. The first-order valence-electron chi connectivity index (χ1n) is 8.30. The number of rotatable bonds is 7. The van der Waals surface area contributed by atoms with Crippen LogP contribution in [0.4, 0.5) is 13.2 Å². The normalized spacial score (nSPS) is 12.0. The van der Waals surface area contributed by atoms with E-state index in [-0.39, 0.29) is 23.6 Å². The monoisotopic (exact) mass is 399 g/mol. The summed E-state index contributed by atoms with van der Waals surface area (Å²) in [7, 11) is -3.54. The van der Waals surface area contributed by atoms with E-state index in [4.69, 9.17) is 0 Å². The molecule has 0 atom stereocenters. The van der Waals surface area contributed by atoms with Crippen molar-refractivity contribution >= 4 is 15.7 Å². The van der Waals surface area contributed by atoms with Crippen LogP contribution in [0.25, 0.3) is 0 Å². The van der Waals surface area contributed by atoms with Crippen molar-refractivity contribution in [3.05, 3.63) is 65.2 Å². The van der Waals surface area contributed by atoms with Crippen LogP contribution in [0.3, 0.4) is 0 Å². The third kappa shape index (κ3) is 6.39. The predicted octanol–water partition coefficient (Wildman–Crippen LogP) is 3.54. The molecular weight excluding hydrogens is 379 g/mol. The zero-order chi connectivity index (χ0) is 20.1. The molecule has 0 saturated heterocycles. The fourth-order valence-corrected chi connectivity index (χ4v) is 3.63. The van der Waals surface area contributed by atoms with Gasteiger partial charge in [-0.05, 0) is 43.2 Å². The van der Waals surface area contributed by atoms with Crippen molar-refractivity contribution in [1.29, 1.82) is 0 Å². The van der Waals surface area contributed by atoms with Gasteiger partial charge >= 0.3 is 6.18 Å². The molecule has 0 aliphatic heterocycles. The van der Waals surface area contributed by atoms with Gasteiger partial charge in [0.05, 0.1) is 16.2 Å². The summed E-state index contributed by atoms with van der Waals surface area (Å²) in [5.41, 5.74) is 0.863. The second-order valence-electron chi connectivity index (χ2n) is 6.18. The zero-order valence-electron chi connectivity index (χ0n) is 14.7. The van der Waals surface area contributed by atoms with Gasteiger partial charge in [-0.2, -0.15) is 13.2 Å². The van der Waals surface area contributed by atoms with E-state index >= 15 is 0 Å². The summed E-state index contributed by atoms with van der Waals surface area (Å²) in [5.74, 6) is -0.722. The van der Waals surface area contributed by atoms with Crippen molar-refractivity contribution in [2.75, 3.05) is 12.3 Å². The van der Waals surface area contributed by atoms with Crippen LogP contribution in [0, 0.1) is 6.92 Å². The standard InChI is InChI=1S/C19H20F3NO3S/c1-14-2-8-17(9-3-14)27(25,26)13-11-18(24)23-12-10-15-4-6-16(7-5-15)19(20,21)22/h2-9H,10-13H2,1H3,(H,23,24). The number of hydrogen-bond acceptors (Lipinski definition) is 3. The topological polar surface area (TPSA) is 63.2 Å². The van der Waals surface area contributed by atoms with Crippen molar-refractivity contribution in [3.63, 3.8) is 0 Å². The van der Waals surface area contributed by atoms with E-state index in [1.165, 1.54) is 24.3 Å². The van der Waals surface area contributed by atoms with E-state index in [0.29, 0.717) is 12.0 Å². The number of benzene rings is 2. The Kier molecular flexibility index (Phi) is 6.64. The van der Waals surface area contributed by atoms with Gasteiger partial charge in [-0.25, -0.2) is 8.42 Å². The molecule has 0 aliphatic carbocycles. The fraction of sp³-hybridized carbons (Fsp3) is 0.316. The van der Waals surface area contributed by atoms with Gasteiger partial charge in [0.2, 0.25) is 5.91 Å². The first-order valence-corrected chi connectivity index (χ1v) is 9.95. The number of carbonyl (C=O) groups is 1. The van der Waals surface area contributed by atoms with Crippen molar-refractivity contribution in [2.45, 2.75) is 30.8 Å². The molecule has 146 valence electrons. The highest BCUT2D eigenvalue weighted by atomic mass is 32.2. The molecule has 0 aromatic heterocycles. The van der Waals surface area contributed by atoms with Gasteiger partial charge in [-0.15, -0.1) is 0 Å². The summed E-state index contributed by atoms with van der Waals surface area (Å²) >= 11 is 0. The van der Waals surface area contributed by atoms with Crippen molar-refractivity contribution in [3.8, 4) is 0 Å². The lowest BCUT2D eigenvalue weighted by molar-refractivity contribution is -0.137. The van der Waals surface area contributed by atoms with Crippen LogP contribution in [0.15, 0.2) is 53.4 Å². The molecule has 27 heavy (non-hydrogen) atoms. The molecule has 0 heterocycles. The van der Waals surface area contributed by atoms with Crippen molar-refractivity contribution in [2.24, 2.45) is 0 Å². The number of carbonyl (C=O) groups excluding carboxylic acids is 1. The predicted molar refractivity (Wildman–Crippen MR) is 96.0 cm³/mol. The smallest absolute Gasteiger partial charge is 0.356 e. The van der Waals surface area contributed by atoms with Crippen molar-refractivity contribution < 1.29 is 26.4 Å². The quantitative estimate of drug-likeness (QED) is 0.775. The largest absolute Gasteiger partial charge is 0.416 e. The van der Waals surface area contributed by atoms with E-state index < -0.39 is 27.5 Å². The summed E-state index contributed by atoms with van der Waals surface area (Å²) in [4.78, 5) is 12.0. The Hall–Kier alpha value is -2.35. The minimum absolute atomic E-state index is 0.172. The number of alkyl halides is 3. The Bertz CT molecular complexity index is 874. The number of halogens is 3. The van der Waals surface area contributed by atoms with E-state index in [1.54, 1.807) is 12.1 Å². The minimum atomic E-state index is -4.38. The van der Waals surface area contributed by atoms with Crippen LogP contribution in [0.1, 0.15) is 23.1 Å². The third-order valence-corrected chi connectivity index (χ3v) is 5.73.